The van der Waals surface area contributed by atoms with Crippen molar-refractivity contribution in [1.82, 2.24) is 0 Å². The summed E-state index contributed by atoms with van der Waals surface area (Å²) in [5.41, 5.74) is 2.17. The predicted octanol–water partition coefficient (Wildman–Crippen LogP) is 2.41. The topological polar surface area (TPSA) is 52.6 Å². The maximum atomic E-state index is 11.8. The van der Waals surface area contributed by atoms with Crippen molar-refractivity contribution in [1.29, 1.82) is 0 Å². The summed E-state index contributed by atoms with van der Waals surface area (Å²) in [6.07, 6.45) is 2.01. The quantitative estimate of drug-likeness (QED) is 0.555. The van der Waals surface area contributed by atoms with Gasteiger partial charge in [-0.15, -0.1) is 0 Å². The van der Waals surface area contributed by atoms with E-state index in [9.17, 15) is 9.59 Å². The van der Waals surface area contributed by atoms with Crippen LogP contribution in [0.15, 0.2) is 11.8 Å². The molecule has 1 aliphatic rings. The number of ether oxygens (including phenoxy) is 2. The Balaban J connectivity index is 2.74. The molecule has 108 valence electrons. The van der Waals surface area contributed by atoms with E-state index in [2.05, 4.69) is 25.3 Å². The van der Waals surface area contributed by atoms with Crippen LogP contribution >= 0.6 is 0 Å². The van der Waals surface area contributed by atoms with Crippen molar-refractivity contribution in [2.75, 3.05) is 13.2 Å². The summed E-state index contributed by atoms with van der Waals surface area (Å²) >= 11 is 0. The summed E-state index contributed by atoms with van der Waals surface area (Å²) in [6.45, 7) is 10.9. The lowest BCUT2D eigenvalue weighted by atomic mass is 10.3. The monoisotopic (exact) mass is 284 g/mol. The van der Waals surface area contributed by atoms with Gasteiger partial charge in [-0.2, -0.15) is 0 Å². The third kappa shape index (κ3) is 4.49. The Morgan fingerprint density at radius 1 is 1.00 bits per heavy atom. The molecule has 0 aliphatic heterocycles. The molecule has 0 amide bonds. The molecule has 1 fully saturated rings. The van der Waals surface area contributed by atoms with Gasteiger partial charge in [0, 0.05) is 5.92 Å². The zero-order valence-electron chi connectivity index (χ0n) is 12.4. The van der Waals surface area contributed by atoms with E-state index < -0.39 is 8.07 Å². The summed E-state index contributed by atoms with van der Waals surface area (Å²) in [5.74, 6) is -1.33. The van der Waals surface area contributed by atoms with E-state index in [0.717, 1.165) is 0 Å². The Bertz CT molecular complexity index is 346. The van der Waals surface area contributed by atoms with Crippen LogP contribution in [0.5, 0.6) is 0 Å². The fourth-order valence-electron chi connectivity index (χ4n) is 2.06. The van der Waals surface area contributed by atoms with Gasteiger partial charge >= 0.3 is 11.9 Å². The van der Waals surface area contributed by atoms with Crippen molar-refractivity contribution in [2.45, 2.75) is 33.5 Å². The molecule has 1 saturated carbocycles. The molecule has 2 atom stereocenters. The minimum Gasteiger partial charge on any atom is -0.466 e. The molecule has 0 saturated heterocycles. The van der Waals surface area contributed by atoms with Crippen LogP contribution in [0.4, 0.5) is 0 Å². The molecule has 19 heavy (non-hydrogen) atoms. The molecule has 4 nitrogen and oxygen atoms in total. The summed E-state index contributed by atoms with van der Waals surface area (Å²) in [7, 11) is -1.33. The fourth-order valence-corrected chi connectivity index (χ4v) is 2.86. The summed E-state index contributed by atoms with van der Waals surface area (Å²) in [5, 5.41) is 0. The Morgan fingerprint density at radius 3 is 1.74 bits per heavy atom. The van der Waals surface area contributed by atoms with Crippen LogP contribution in [0.25, 0.3) is 0 Å². The van der Waals surface area contributed by atoms with Gasteiger partial charge in [-0.3, -0.25) is 9.59 Å². The molecule has 1 rings (SSSR count). The van der Waals surface area contributed by atoms with Crippen molar-refractivity contribution in [3.8, 4) is 0 Å². The van der Waals surface area contributed by atoms with Gasteiger partial charge < -0.3 is 9.47 Å². The SMILES string of the molecule is CCOC(=O)[C@H]1C(/C=C/[Si](C)(C)C)[C@@H]1C(=O)OCC. The number of esters is 2. The zero-order valence-corrected chi connectivity index (χ0v) is 13.4. The third-order valence-electron chi connectivity index (χ3n) is 3.01. The van der Waals surface area contributed by atoms with E-state index in [-0.39, 0.29) is 29.7 Å². The molecule has 0 N–H and O–H groups in total. The van der Waals surface area contributed by atoms with Crippen LogP contribution in [-0.4, -0.2) is 33.2 Å². The van der Waals surface area contributed by atoms with E-state index in [1.54, 1.807) is 13.8 Å². The van der Waals surface area contributed by atoms with E-state index in [1.165, 1.54) is 0 Å². The van der Waals surface area contributed by atoms with Crippen molar-refractivity contribution < 1.29 is 19.1 Å². The highest BCUT2D eigenvalue weighted by molar-refractivity contribution is 6.80. The maximum Gasteiger partial charge on any atom is 0.310 e. The normalized spacial score (nSPS) is 26.3. The molecule has 5 heteroatoms. The lowest BCUT2D eigenvalue weighted by Gasteiger charge is -2.07. The molecule has 0 aromatic carbocycles. The van der Waals surface area contributed by atoms with Gasteiger partial charge in [0.05, 0.1) is 33.1 Å². The first-order valence-corrected chi connectivity index (χ1v) is 10.4. The number of allylic oxidation sites excluding steroid dienone is 1. The molecule has 0 radical (unpaired) electrons. The molecule has 0 unspecified atom stereocenters. The van der Waals surface area contributed by atoms with Gasteiger partial charge in [-0.05, 0) is 13.8 Å². The first-order chi connectivity index (χ1) is 8.81. The van der Waals surface area contributed by atoms with E-state index in [0.29, 0.717) is 13.2 Å². The molecule has 0 aromatic rings. The fraction of sp³-hybridized carbons (Fsp3) is 0.714. The number of rotatable bonds is 6. The summed E-state index contributed by atoms with van der Waals surface area (Å²) < 4.78 is 10.0. The number of hydrogen-bond acceptors (Lipinski definition) is 4. The highest BCUT2D eigenvalue weighted by Gasteiger charge is 2.59. The Hall–Kier alpha value is -1.10. The van der Waals surface area contributed by atoms with Crippen molar-refractivity contribution in [3.05, 3.63) is 11.8 Å². The second-order valence-corrected chi connectivity index (χ2v) is 10.9. The van der Waals surface area contributed by atoms with E-state index >= 15 is 0 Å². The van der Waals surface area contributed by atoms with Crippen LogP contribution < -0.4 is 0 Å². The summed E-state index contributed by atoms with van der Waals surface area (Å²) in [6, 6.07) is 0. The second kappa shape index (κ2) is 6.37. The molecule has 0 bridgehead atoms. The lowest BCUT2D eigenvalue weighted by molar-refractivity contribution is -0.150. The highest BCUT2D eigenvalue weighted by Crippen LogP contribution is 2.49. The molecular formula is C14H24O4Si. The molecule has 0 heterocycles. The number of hydrogen-bond donors (Lipinski definition) is 0. The predicted molar refractivity (Wildman–Crippen MR) is 76.2 cm³/mol. The van der Waals surface area contributed by atoms with Gasteiger partial charge in [0.1, 0.15) is 0 Å². The average molecular weight is 284 g/mol. The third-order valence-corrected chi connectivity index (χ3v) is 4.20. The largest absolute Gasteiger partial charge is 0.466 e. The average Bonchev–Trinajstić information content (AvgIpc) is 3.00. The lowest BCUT2D eigenvalue weighted by Crippen LogP contribution is -2.15. The standard InChI is InChI=1S/C14H24O4Si/c1-6-17-13(15)11-10(8-9-19(3,4)5)12(11)14(16)18-7-2/h8-12H,6-7H2,1-5H3/b9-8+/t11-,12-/m0/s1. The van der Waals surface area contributed by atoms with Crippen LogP contribution in [0.3, 0.4) is 0 Å². The van der Waals surface area contributed by atoms with Gasteiger partial charge in [-0.1, -0.05) is 31.4 Å². The zero-order chi connectivity index (χ0) is 14.6. The number of carbonyl (C=O) groups is 2. The maximum absolute atomic E-state index is 11.8. The van der Waals surface area contributed by atoms with Crippen LogP contribution in [0.1, 0.15) is 13.8 Å². The number of carbonyl (C=O) groups excluding carboxylic acids is 2. The Labute approximate surface area is 116 Å². The van der Waals surface area contributed by atoms with Crippen LogP contribution in [-0.2, 0) is 19.1 Å². The Kier molecular flexibility index (Phi) is 5.35. The minimum atomic E-state index is -1.33. The second-order valence-electron chi connectivity index (χ2n) is 5.86. The van der Waals surface area contributed by atoms with E-state index in [1.807, 2.05) is 6.08 Å². The molecule has 0 aromatic heterocycles. The van der Waals surface area contributed by atoms with Gasteiger partial charge in [0.2, 0.25) is 0 Å². The first kappa shape index (κ1) is 16.0. The minimum absolute atomic E-state index is 0.0511. The molecule has 1 aliphatic carbocycles. The summed E-state index contributed by atoms with van der Waals surface area (Å²) in [4.78, 5) is 23.6. The first-order valence-electron chi connectivity index (χ1n) is 6.84. The van der Waals surface area contributed by atoms with Crippen LogP contribution in [0.2, 0.25) is 19.6 Å². The van der Waals surface area contributed by atoms with Crippen molar-refractivity contribution >= 4 is 20.0 Å². The molecule has 0 spiro atoms. The highest BCUT2D eigenvalue weighted by atomic mass is 28.3. The van der Waals surface area contributed by atoms with E-state index in [4.69, 9.17) is 9.47 Å². The van der Waals surface area contributed by atoms with Gasteiger partial charge in [-0.25, -0.2) is 0 Å². The molecular weight excluding hydrogens is 260 g/mol. The smallest absolute Gasteiger partial charge is 0.310 e. The van der Waals surface area contributed by atoms with Crippen molar-refractivity contribution in [3.63, 3.8) is 0 Å². The van der Waals surface area contributed by atoms with Gasteiger partial charge in [0.25, 0.3) is 0 Å². The van der Waals surface area contributed by atoms with Crippen LogP contribution in [0, 0.1) is 17.8 Å². The van der Waals surface area contributed by atoms with Crippen molar-refractivity contribution in [2.24, 2.45) is 17.8 Å². The Morgan fingerprint density at radius 2 is 1.42 bits per heavy atom. The van der Waals surface area contributed by atoms with Gasteiger partial charge in [0.15, 0.2) is 0 Å².